The van der Waals surface area contributed by atoms with Gasteiger partial charge < -0.3 is 5.11 Å². The van der Waals surface area contributed by atoms with Crippen LogP contribution >= 0.6 is 27.5 Å². The van der Waals surface area contributed by atoms with Gasteiger partial charge in [-0.05, 0) is 40.5 Å². The van der Waals surface area contributed by atoms with Gasteiger partial charge in [-0.1, -0.05) is 17.7 Å². The zero-order valence-corrected chi connectivity index (χ0v) is 11.0. The van der Waals surface area contributed by atoms with Gasteiger partial charge in [-0.2, -0.15) is 5.10 Å². The highest BCUT2D eigenvalue weighted by molar-refractivity contribution is 9.10. The number of aliphatic hydroxyl groups excluding tert-OH is 1. The van der Waals surface area contributed by atoms with Crippen LogP contribution in [0.15, 0.2) is 28.9 Å². The fourth-order valence-corrected chi connectivity index (χ4v) is 2.03. The summed E-state index contributed by atoms with van der Waals surface area (Å²) in [4.78, 5) is 0. The van der Waals surface area contributed by atoms with Crippen molar-refractivity contribution in [2.45, 2.75) is 13.5 Å². The van der Waals surface area contributed by atoms with Crippen molar-refractivity contribution < 1.29 is 5.11 Å². The second-order valence-electron chi connectivity index (χ2n) is 3.41. The Morgan fingerprint density at radius 3 is 2.88 bits per heavy atom. The van der Waals surface area contributed by atoms with Gasteiger partial charge in [-0.15, -0.1) is 0 Å². The third-order valence-corrected chi connectivity index (χ3v) is 3.45. The molecule has 0 aliphatic heterocycles. The number of aliphatic hydroxyl groups is 1. The van der Waals surface area contributed by atoms with Crippen molar-refractivity contribution in [2.24, 2.45) is 0 Å². The molecule has 16 heavy (non-hydrogen) atoms. The Morgan fingerprint density at radius 1 is 1.50 bits per heavy atom. The van der Waals surface area contributed by atoms with Crippen LogP contribution in [0.4, 0.5) is 0 Å². The number of halogens is 2. The molecular weight excluding hydrogens is 291 g/mol. The highest BCUT2D eigenvalue weighted by Gasteiger charge is 2.09. The van der Waals surface area contributed by atoms with Gasteiger partial charge >= 0.3 is 0 Å². The van der Waals surface area contributed by atoms with E-state index in [2.05, 4.69) is 21.0 Å². The van der Waals surface area contributed by atoms with Crippen LogP contribution in [0, 0.1) is 6.92 Å². The lowest BCUT2D eigenvalue weighted by molar-refractivity contribution is 0.275. The summed E-state index contributed by atoms with van der Waals surface area (Å²) in [5.74, 6) is 0. The molecule has 0 unspecified atom stereocenters. The topological polar surface area (TPSA) is 38.0 Å². The van der Waals surface area contributed by atoms with Crippen molar-refractivity contribution in [3.8, 4) is 5.69 Å². The van der Waals surface area contributed by atoms with Crippen LogP contribution in [0.1, 0.15) is 11.3 Å². The first kappa shape index (κ1) is 11.6. The Bertz CT molecular complexity index is 525. The van der Waals surface area contributed by atoms with Gasteiger partial charge in [0.25, 0.3) is 0 Å². The fourth-order valence-electron chi connectivity index (χ4n) is 1.46. The number of rotatable bonds is 2. The highest BCUT2D eigenvalue weighted by Crippen LogP contribution is 2.24. The van der Waals surface area contributed by atoms with Crippen molar-refractivity contribution in [3.05, 3.63) is 45.1 Å². The van der Waals surface area contributed by atoms with Crippen LogP contribution in [0.3, 0.4) is 0 Å². The van der Waals surface area contributed by atoms with Gasteiger partial charge in [-0.25, -0.2) is 4.68 Å². The summed E-state index contributed by atoms with van der Waals surface area (Å²) in [6.45, 7) is 1.85. The van der Waals surface area contributed by atoms with E-state index in [1.165, 1.54) is 0 Å². The van der Waals surface area contributed by atoms with Gasteiger partial charge in [0.05, 0.1) is 16.8 Å². The van der Waals surface area contributed by atoms with Crippen molar-refractivity contribution in [3.63, 3.8) is 0 Å². The summed E-state index contributed by atoms with van der Waals surface area (Å²) in [5.41, 5.74) is 2.48. The molecule has 0 bridgehead atoms. The number of aromatic nitrogens is 2. The Morgan fingerprint density at radius 2 is 2.25 bits per heavy atom. The maximum absolute atomic E-state index is 9.07. The van der Waals surface area contributed by atoms with Gasteiger partial charge in [-0.3, -0.25) is 0 Å². The Kier molecular flexibility index (Phi) is 3.33. The van der Waals surface area contributed by atoms with Gasteiger partial charge in [0.2, 0.25) is 0 Å². The minimum atomic E-state index is -0.0901. The van der Waals surface area contributed by atoms with E-state index in [-0.39, 0.29) is 6.61 Å². The normalized spacial score (nSPS) is 10.8. The summed E-state index contributed by atoms with van der Waals surface area (Å²) in [7, 11) is 0. The molecule has 5 heteroatoms. The van der Waals surface area contributed by atoms with E-state index in [1.807, 2.05) is 31.3 Å². The number of benzene rings is 1. The molecule has 1 aromatic carbocycles. The first-order chi connectivity index (χ1) is 7.63. The lowest BCUT2D eigenvalue weighted by atomic mass is 10.2. The lowest BCUT2D eigenvalue weighted by Gasteiger charge is -2.06. The van der Waals surface area contributed by atoms with Crippen LogP contribution < -0.4 is 0 Å². The summed E-state index contributed by atoms with van der Waals surface area (Å²) in [5, 5.41) is 14.0. The zero-order chi connectivity index (χ0) is 11.7. The smallest absolute Gasteiger partial charge is 0.102 e. The summed E-state index contributed by atoms with van der Waals surface area (Å²) >= 11 is 9.38. The molecule has 0 spiro atoms. The van der Waals surface area contributed by atoms with E-state index in [0.29, 0.717) is 10.7 Å². The molecule has 0 radical (unpaired) electrons. The van der Waals surface area contributed by atoms with Gasteiger partial charge in [0.1, 0.15) is 5.69 Å². The quantitative estimate of drug-likeness (QED) is 0.925. The third kappa shape index (κ3) is 2.00. The second-order valence-corrected chi connectivity index (χ2v) is 4.67. The molecule has 0 atom stereocenters. The van der Waals surface area contributed by atoms with E-state index in [4.69, 9.17) is 16.7 Å². The Labute approximate surface area is 107 Å². The molecule has 0 amide bonds. The highest BCUT2D eigenvalue weighted by atomic mass is 79.9. The van der Waals surface area contributed by atoms with Crippen LogP contribution in [0.5, 0.6) is 0 Å². The van der Waals surface area contributed by atoms with E-state index in [1.54, 1.807) is 4.68 Å². The van der Waals surface area contributed by atoms with Crippen molar-refractivity contribution in [1.29, 1.82) is 0 Å². The predicted octanol–water partition coefficient (Wildman–Crippen LogP) is 3.09. The molecule has 1 N–H and O–H groups in total. The molecular formula is C11H10BrClN2O. The van der Waals surface area contributed by atoms with Crippen LogP contribution in [-0.4, -0.2) is 14.9 Å². The summed E-state index contributed by atoms with van der Waals surface area (Å²) in [6, 6.07) is 5.65. The first-order valence-electron chi connectivity index (χ1n) is 4.74. The first-order valence-corrected chi connectivity index (χ1v) is 5.91. The van der Waals surface area contributed by atoms with E-state index >= 15 is 0 Å². The average molecular weight is 302 g/mol. The molecule has 0 aliphatic rings. The Hall–Kier alpha value is -0.840. The molecule has 1 aromatic heterocycles. The van der Waals surface area contributed by atoms with Gasteiger partial charge in [0.15, 0.2) is 0 Å². The van der Waals surface area contributed by atoms with E-state index in [9.17, 15) is 0 Å². The van der Waals surface area contributed by atoms with Crippen molar-refractivity contribution >= 4 is 27.5 Å². The number of hydrogen-bond acceptors (Lipinski definition) is 2. The SMILES string of the molecule is Cc1c(Cl)cccc1-n1cc(Br)c(CO)n1. The molecule has 0 fully saturated rings. The molecule has 1 heterocycles. The van der Waals surface area contributed by atoms with Gasteiger partial charge in [0, 0.05) is 11.2 Å². The monoisotopic (exact) mass is 300 g/mol. The van der Waals surface area contributed by atoms with Crippen LogP contribution in [-0.2, 0) is 6.61 Å². The molecule has 2 rings (SSSR count). The predicted molar refractivity (Wildman–Crippen MR) is 66.9 cm³/mol. The number of hydrogen-bond donors (Lipinski definition) is 1. The fraction of sp³-hybridized carbons (Fsp3) is 0.182. The zero-order valence-electron chi connectivity index (χ0n) is 8.61. The molecule has 84 valence electrons. The molecule has 0 saturated heterocycles. The standard InChI is InChI=1S/C11H10BrClN2O/c1-7-9(13)3-2-4-11(7)15-5-8(12)10(6-16)14-15/h2-5,16H,6H2,1H3. The largest absolute Gasteiger partial charge is 0.390 e. The van der Waals surface area contributed by atoms with Crippen LogP contribution in [0.2, 0.25) is 5.02 Å². The van der Waals surface area contributed by atoms with Crippen LogP contribution in [0.25, 0.3) is 5.69 Å². The molecule has 0 aliphatic carbocycles. The number of nitrogens with zero attached hydrogens (tertiary/aromatic N) is 2. The summed E-state index contributed by atoms with van der Waals surface area (Å²) in [6.07, 6.45) is 1.81. The minimum absolute atomic E-state index is 0.0901. The summed E-state index contributed by atoms with van der Waals surface area (Å²) < 4.78 is 2.49. The maximum Gasteiger partial charge on any atom is 0.102 e. The molecule has 0 saturated carbocycles. The van der Waals surface area contributed by atoms with E-state index < -0.39 is 0 Å². The lowest BCUT2D eigenvalue weighted by Crippen LogP contribution is -1.99. The molecule has 3 nitrogen and oxygen atoms in total. The van der Waals surface area contributed by atoms with E-state index in [0.717, 1.165) is 15.7 Å². The van der Waals surface area contributed by atoms with Crippen molar-refractivity contribution in [1.82, 2.24) is 9.78 Å². The Balaban J connectivity index is 2.54. The second kappa shape index (κ2) is 4.57. The average Bonchev–Trinajstić information content (AvgIpc) is 2.63. The maximum atomic E-state index is 9.07. The third-order valence-electron chi connectivity index (χ3n) is 2.38. The minimum Gasteiger partial charge on any atom is -0.390 e. The van der Waals surface area contributed by atoms with Crippen molar-refractivity contribution in [2.75, 3.05) is 0 Å². The molecule has 2 aromatic rings.